The summed E-state index contributed by atoms with van der Waals surface area (Å²) in [4.78, 5) is 17.5. The number of pyridine rings is 1. The van der Waals surface area contributed by atoms with Gasteiger partial charge in [0.15, 0.2) is 17.2 Å². The Labute approximate surface area is 179 Å². The first kappa shape index (κ1) is 23.4. The number of para-hydroxylation sites is 1. The van der Waals surface area contributed by atoms with Crippen LogP contribution in [0.2, 0.25) is 0 Å². The first-order valence-corrected chi connectivity index (χ1v) is 9.45. The Morgan fingerprint density at radius 3 is 2.50 bits per heavy atom. The van der Waals surface area contributed by atoms with Gasteiger partial charge in [-0.3, -0.25) is 9.79 Å². The molecule has 32 heavy (non-hydrogen) atoms. The summed E-state index contributed by atoms with van der Waals surface area (Å²) in [7, 11) is 1.19. The van der Waals surface area contributed by atoms with Crippen molar-refractivity contribution in [2.24, 2.45) is 4.99 Å². The molecule has 3 aromatic rings. The summed E-state index contributed by atoms with van der Waals surface area (Å²) in [5, 5.41) is 10.6. The fourth-order valence-electron chi connectivity index (χ4n) is 3.44. The summed E-state index contributed by atoms with van der Waals surface area (Å²) < 4.78 is 74.4. The van der Waals surface area contributed by atoms with E-state index in [-0.39, 0.29) is 27.9 Å². The first-order chi connectivity index (χ1) is 15.0. The van der Waals surface area contributed by atoms with Gasteiger partial charge in [-0.05, 0) is 36.6 Å². The zero-order chi connectivity index (χ0) is 23.7. The molecule has 0 saturated heterocycles. The number of hydrogen-bond donors (Lipinski definition) is 2. The van der Waals surface area contributed by atoms with Gasteiger partial charge in [0, 0.05) is 23.2 Å². The van der Waals surface area contributed by atoms with E-state index in [0.29, 0.717) is 6.21 Å². The van der Waals surface area contributed by atoms with E-state index in [1.165, 1.54) is 32.2 Å². The van der Waals surface area contributed by atoms with Crippen LogP contribution in [0.25, 0.3) is 10.9 Å². The number of halogens is 5. The molecule has 5 nitrogen and oxygen atoms in total. The van der Waals surface area contributed by atoms with Crippen LogP contribution in [0.5, 0.6) is 5.75 Å². The number of benzene rings is 2. The maximum absolute atomic E-state index is 14.0. The molecule has 1 aromatic heterocycles. The minimum atomic E-state index is -5.12. The van der Waals surface area contributed by atoms with Gasteiger partial charge in [0.05, 0.1) is 18.3 Å². The lowest BCUT2D eigenvalue weighted by Crippen LogP contribution is -2.47. The van der Waals surface area contributed by atoms with Crippen LogP contribution in [0.3, 0.4) is 0 Å². The van der Waals surface area contributed by atoms with Crippen LogP contribution >= 0.6 is 0 Å². The minimum absolute atomic E-state index is 0.0604. The average molecular weight is 454 g/mol. The molecule has 2 N–H and O–H groups in total. The van der Waals surface area contributed by atoms with Gasteiger partial charge < -0.3 is 14.8 Å². The standard InChI is InChI=1S/C22H19F5N2O3/c1-12(13-4-3-5-16(24)20(13)32-2)10-21(31,22(25,26)27)11-28-17-8-7-15(23)19-14(17)6-9-18(30)29-19/h3-9,11-12,31H,10H2,1-2H3,(H,29,30)/t12-,21+/m1/s1. The van der Waals surface area contributed by atoms with E-state index in [4.69, 9.17) is 4.74 Å². The van der Waals surface area contributed by atoms with E-state index in [9.17, 15) is 31.9 Å². The molecule has 0 unspecified atom stereocenters. The summed E-state index contributed by atoms with van der Waals surface area (Å²) in [6, 6.07) is 8.21. The lowest BCUT2D eigenvalue weighted by molar-refractivity contribution is -0.231. The van der Waals surface area contributed by atoms with Crippen LogP contribution < -0.4 is 10.3 Å². The van der Waals surface area contributed by atoms with Crippen molar-refractivity contribution in [3.63, 3.8) is 0 Å². The second-order valence-corrected chi connectivity index (χ2v) is 7.33. The number of aromatic amines is 1. The van der Waals surface area contributed by atoms with E-state index >= 15 is 0 Å². The summed E-state index contributed by atoms with van der Waals surface area (Å²) >= 11 is 0. The van der Waals surface area contributed by atoms with Gasteiger partial charge in [0.2, 0.25) is 5.56 Å². The Hall–Kier alpha value is -3.27. The molecule has 2 atom stereocenters. The van der Waals surface area contributed by atoms with Crippen LogP contribution in [0, 0.1) is 11.6 Å². The van der Waals surface area contributed by atoms with Crippen LogP contribution in [0.1, 0.15) is 24.8 Å². The van der Waals surface area contributed by atoms with Gasteiger partial charge in [-0.2, -0.15) is 13.2 Å². The smallest absolute Gasteiger partial charge is 0.422 e. The number of aliphatic imine (C=N–C) groups is 1. The first-order valence-electron chi connectivity index (χ1n) is 9.45. The number of hydrogen-bond acceptors (Lipinski definition) is 4. The Bertz CT molecular complexity index is 1220. The largest absolute Gasteiger partial charge is 0.493 e. The summed E-state index contributed by atoms with van der Waals surface area (Å²) in [6.07, 6.45) is -5.67. The third kappa shape index (κ3) is 4.50. The van der Waals surface area contributed by atoms with E-state index in [0.717, 1.165) is 24.3 Å². The second-order valence-electron chi connectivity index (χ2n) is 7.33. The molecule has 10 heteroatoms. The molecule has 0 aliphatic rings. The number of ether oxygens (including phenoxy) is 1. The van der Waals surface area contributed by atoms with E-state index in [1.54, 1.807) is 0 Å². The molecule has 0 saturated carbocycles. The van der Waals surface area contributed by atoms with E-state index < -0.39 is 41.3 Å². The number of methoxy groups -OCH3 is 1. The normalized spacial score (nSPS) is 15.1. The fourth-order valence-corrected chi connectivity index (χ4v) is 3.44. The van der Waals surface area contributed by atoms with Gasteiger partial charge in [-0.1, -0.05) is 19.1 Å². The summed E-state index contributed by atoms with van der Waals surface area (Å²) in [5.41, 5.74) is -4.14. The summed E-state index contributed by atoms with van der Waals surface area (Å²) in [5.74, 6) is -2.71. The molecule has 3 rings (SSSR count). The number of aromatic nitrogens is 1. The number of fused-ring (bicyclic) bond motifs is 1. The zero-order valence-electron chi connectivity index (χ0n) is 17.0. The Morgan fingerprint density at radius 1 is 1.12 bits per heavy atom. The number of H-pyrrole nitrogens is 1. The third-order valence-corrected chi connectivity index (χ3v) is 5.08. The molecule has 0 spiro atoms. The molecule has 0 radical (unpaired) electrons. The fraction of sp³-hybridized carbons (Fsp3) is 0.273. The van der Waals surface area contributed by atoms with E-state index in [1.807, 2.05) is 0 Å². The van der Waals surface area contributed by atoms with Crippen LogP contribution in [-0.4, -0.2) is 35.2 Å². The van der Waals surface area contributed by atoms with Crippen molar-refractivity contribution in [2.75, 3.05) is 7.11 Å². The number of nitrogens with one attached hydrogen (secondary N) is 1. The average Bonchev–Trinajstić information content (AvgIpc) is 2.72. The molecule has 0 aliphatic carbocycles. The maximum Gasteiger partial charge on any atom is 0.422 e. The minimum Gasteiger partial charge on any atom is -0.493 e. The van der Waals surface area contributed by atoms with Gasteiger partial charge in [0.25, 0.3) is 0 Å². The predicted octanol–water partition coefficient (Wildman–Crippen LogP) is 5.00. The van der Waals surface area contributed by atoms with Crippen LogP contribution in [0.4, 0.5) is 27.6 Å². The molecule has 0 bridgehead atoms. The van der Waals surface area contributed by atoms with Crippen LogP contribution in [0.15, 0.2) is 52.3 Å². The third-order valence-electron chi connectivity index (χ3n) is 5.08. The molecule has 0 amide bonds. The maximum atomic E-state index is 14.0. The Morgan fingerprint density at radius 2 is 1.84 bits per heavy atom. The van der Waals surface area contributed by atoms with Crippen molar-refractivity contribution < 1.29 is 31.8 Å². The van der Waals surface area contributed by atoms with Gasteiger partial charge >= 0.3 is 6.18 Å². The number of aliphatic hydroxyl groups is 1. The lowest BCUT2D eigenvalue weighted by atomic mass is 9.86. The van der Waals surface area contributed by atoms with Crippen molar-refractivity contribution in [1.82, 2.24) is 4.98 Å². The molecule has 1 heterocycles. The van der Waals surface area contributed by atoms with Crippen molar-refractivity contribution in [3.8, 4) is 5.75 Å². The number of nitrogens with zero attached hydrogens (tertiary/aromatic N) is 1. The second kappa shape index (κ2) is 8.70. The monoisotopic (exact) mass is 454 g/mol. The highest BCUT2D eigenvalue weighted by Gasteiger charge is 2.53. The van der Waals surface area contributed by atoms with Crippen molar-refractivity contribution in [1.29, 1.82) is 0 Å². The number of alkyl halides is 3. The van der Waals surface area contributed by atoms with Gasteiger partial charge in [0.1, 0.15) is 5.82 Å². The van der Waals surface area contributed by atoms with Crippen LogP contribution in [-0.2, 0) is 0 Å². The molecule has 0 aliphatic heterocycles. The zero-order valence-corrected chi connectivity index (χ0v) is 17.0. The highest BCUT2D eigenvalue weighted by Crippen LogP contribution is 2.40. The van der Waals surface area contributed by atoms with Crippen molar-refractivity contribution in [3.05, 3.63) is 70.0 Å². The SMILES string of the molecule is COc1c(F)cccc1[C@H](C)C[C@](O)(C=Nc1ccc(F)c2[nH]c(=O)ccc12)C(F)(F)F. The highest BCUT2D eigenvalue weighted by molar-refractivity contribution is 5.92. The summed E-state index contributed by atoms with van der Waals surface area (Å²) in [6.45, 7) is 1.39. The quantitative estimate of drug-likeness (QED) is 0.407. The predicted molar refractivity (Wildman–Crippen MR) is 110 cm³/mol. The van der Waals surface area contributed by atoms with Gasteiger partial charge in [-0.25, -0.2) is 8.78 Å². The van der Waals surface area contributed by atoms with E-state index in [2.05, 4.69) is 9.98 Å². The molecular weight excluding hydrogens is 435 g/mol. The Balaban J connectivity index is 2.02. The van der Waals surface area contributed by atoms with Gasteiger partial charge in [-0.15, -0.1) is 0 Å². The topological polar surface area (TPSA) is 74.7 Å². The van der Waals surface area contributed by atoms with Crippen molar-refractivity contribution in [2.45, 2.75) is 31.0 Å². The molecular formula is C22H19F5N2O3. The molecule has 2 aromatic carbocycles. The highest BCUT2D eigenvalue weighted by atomic mass is 19.4. The Kier molecular flexibility index (Phi) is 6.36. The number of rotatable bonds is 6. The lowest BCUT2D eigenvalue weighted by Gasteiger charge is -2.30. The van der Waals surface area contributed by atoms with Crippen molar-refractivity contribution >= 4 is 22.8 Å². The molecule has 170 valence electrons. The molecule has 0 fully saturated rings.